The Morgan fingerprint density at radius 2 is 2.04 bits per heavy atom. The molecule has 1 heterocycles. The number of amides is 1. The predicted molar refractivity (Wildman–Crippen MR) is 94.7 cm³/mol. The van der Waals surface area contributed by atoms with Crippen molar-refractivity contribution in [3.05, 3.63) is 60.2 Å². The first kappa shape index (κ1) is 16.5. The smallest absolute Gasteiger partial charge is 0.258 e. The van der Waals surface area contributed by atoms with E-state index in [1.54, 1.807) is 4.90 Å². The van der Waals surface area contributed by atoms with Gasteiger partial charge in [0.1, 0.15) is 12.4 Å². The summed E-state index contributed by atoms with van der Waals surface area (Å²) < 4.78 is 11.4. The van der Waals surface area contributed by atoms with Crippen LogP contribution in [0.2, 0.25) is 0 Å². The van der Waals surface area contributed by atoms with E-state index in [0.717, 1.165) is 25.1 Å². The first-order valence-corrected chi connectivity index (χ1v) is 8.49. The average Bonchev–Trinajstić information content (AvgIpc) is 3.15. The standard InChI is InChI=1S/C20H23NO3/c1-2-21(17-9-4-3-5-10-17)20(22)16-8-6-11-18(14-16)24-15-19-12-7-13-23-19/h3-6,8-11,14,19H,2,7,12-13,15H2,1H3. The summed E-state index contributed by atoms with van der Waals surface area (Å²) in [6.07, 6.45) is 2.30. The highest BCUT2D eigenvalue weighted by molar-refractivity contribution is 6.06. The quantitative estimate of drug-likeness (QED) is 0.808. The fourth-order valence-electron chi connectivity index (χ4n) is 2.89. The number of anilines is 1. The molecule has 2 aromatic rings. The first-order chi connectivity index (χ1) is 11.8. The lowest BCUT2D eigenvalue weighted by molar-refractivity contribution is 0.0679. The van der Waals surface area contributed by atoms with Gasteiger partial charge in [-0.15, -0.1) is 0 Å². The summed E-state index contributed by atoms with van der Waals surface area (Å²) in [5, 5.41) is 0. The minimum absolute atomic E-state index is 0.0220. The lowest BCUT2D eigenvalue weighted by atomic mass is 10.1. The topological polar surface area (TPSA) is 38.8 Å². The van der Waals surface area contributed by atoms with Crippen molar-refractivity contribution in [2.75, 3.05) is 24.7 Å². The maximum atomic E-state index is 12.8. The molecule has 4 heteroatoms. The van der Waals surface area contributed by atoms with Gasteiger partial charge in [-0.3, -0.25) is 4.79 Å². The molecule has 3 rings (SSSR count). The predicted octanol–water partition coefficient (Wildman–Crippen LogP) is 3.91. The van der Waals surface area contributed by atoms with Crippen LogP contribution in [0.4, 0.5) is 5.69 Å². The molecule has 0 saturated carbocycles. The van der Waals surface area contributed by atoms with Crippen LogP contribution in [0.5, 0.6) is 5.75 Å². The van der Waals surface area contributed by atoms with Crippen molar-refractivity contribution in [1.29, 1.82) is 0 Å². The molecule has 0 N–H and O–H groups in total. The van der Waals surface area contributed by atoms with Crippen molar-refractivity contribution in [2.45, 2.75) is 25.9 Å². The molecule has 1 amide bonds. The van der Waals surface area contributed by atoms with Crippen molar-refractivity contribution < 1.29 is 14.3 Å². The highest BCUT2D eigenvalue weighted by Gasteiger charge is 2.18. The summed E-state index contributed by atoms with van der Waals surface area (Å²) in [6, 6.07) is 17.1. The van der Waals surface area contributed by atoms with Crippen molar-refractivity contribution in [3.63, 3.8) is 0 Å². The highest BCUT2D eigenvalue weighted by Crippen LogP contribution is 2.21. The van der Waals surface area contributed by atoms with Gasteiger partial charge in [-0.25, -0.2) is 0 Å². The van der Waals surface area contributed by atoms with Crippen LogP contribution in [0.25, 0.3) is 0 Å². The maximum absolute atomic E-state index is 12.8. The van der Waals surface area contributed by atoms with Gasteiger partial charge in [-0.05, 0) is 50.1 Å². The number of nitrogens with zero attached hydrogens (tertiary/aromatic N) is 1. The highest BCUT2D eigenvalue weighted by atomic mass is 16.5. The summed E-state index contributed by atoms with van der Waals surface area (Å²) >= 11 is 0. The Morgan fingerprint density at radius 3 is 2.75 bits per heavy atom. The van der Waals surface area contributed by atoms with E-state index >= 15 is 0 Å². The first-order valence-electron chi connectivity index (χ1n) is 8.49. The van der Waals surface area contributed by atoms with Gasteiger partial charge in [-0.1, -0.05) is 24.3 Å². The Balaban J connectivity index is 1.71. The van der Waals surface area contributed by atoms with Crippen molar-refractivity contribution in [3.8, 4) is 5.75 Å². The van der Waals surface area contributed by atoms with Crippen LogP contribution in [0.15, 0.2) is 54.6 Å². The van der Waals surface area contributed by atoms with E-state index in [1.165, 1.54) is 0 Å². The maximum Gasteiger partial charge on any atom is 0.258 e. The fraction of sp³-hybridized carbons (Fsp3) is 0.350. The van der Waals surface area contributed by atoms with E-state index < -0.39 is 0 Å². The third-order valence-corrected chi connectivity index (χ3v) is 4.17. The minimum atomic E-state index is -0.0220. The summed E-state index contributed by atoms with van der Waals surface area (Å²) in [5.74, 6) is 0.687. The number of carbonyl (C=O) groups is 1. The Bertz CT molecular complexity index is 666. The van der Waals surface area contributed by atoms with Gasteiger partial charge in [0, 0.05) is 24.4 Å². The number of ether oxygens (including phenoxy) is 2. The number of rotatable bonds is 6. The van der Waals surface area contributed by atoms with E-state index in [9.17, 15) is 4.79 Å². The number of para-hydroxylation sites is 1. The number of benzene rings is 2. The molecule has 1 unspecified atom stereocenters. The van der Waals surface area contributed by atoms with E-state index in [-0.39, 0.29) is 12.0 Å². The van der Waals surface area contributed by atoms with Crippen LogP contribution in [0.1, 0.15) is 30.1 Å². The van der Waals surface area contributed by atoms with Crippen LogP contribution < -0.4 is 9.64 Å². The van der Waals surface area contributed by atoms with Crippen LogP contribution in [-0.2, 0) is 4.74 Å². The average molecular weight is 325 g/mol. The molecule has 1 fully saturated rings. The monoisotopic (exact) mass is 325 g/mol. The fourth-order valence-corrected chi connectivity index (χ4v) is 2.89. The van der Waals surface area contributed by atoms with Gasteiger partial charge in [0.05, 0.1) is 6.10 Å². The molecule has 2 aromatic carbocycles. The molecule has 1 saturated heterocycles. The Morgan fingerprint density at radius 1 is 1.21 bits per heavy atom. The summed E-state index contributed by atoms with van der Waals surface area (Å²) in [7, 11) is 0. The molecule has 1 atom stereocenters. The van der Waals surface area contributed by atoms with Crippen LogP contribution >= 0.6 is 0 Å². The van der Waals surface area contributed by atoms with Gasteiger partial charge in [-0.2, -0.15) is 0 Å². The Hall–Kier alpha value is -2.33. The molecule has 1 aliphatic rings. The number of hydrogen-bond donors (Lipinski definition) is 0. The molecule has 1 aliphatic heterocycles. The second-order valence-electron chi connectivity index (χ2n) is 5.86. The van der Waals surface area contributed by atoms with E-state index in [2.05, 4.69) is 0 Å². The molecule has 126 valence electrons. The van der Waals surface area contributed by atoms with Crippen molar-refractivity contribution in [2.24, 2.45) is 0 Å². The number of carbonyl (C=O) groups excluding carboxylic acids is 1. The Labute approximate surface area is 143 Å². The molecule has 0 aromatic heterocycles. The minimum Gasteiger partial charge on any atom is -0.491 e. The summed E-state index contributed by atoms with van der Waals surface area (Å²) in [6.45, 7) is 3.94. The molecule has 0 aliphatic carbocycles. The van der Waals surface area contributed by atoms with E-state index in [4.69, 9.17) is 9.47 Å². The van der Waals surface area contributed by atoms with E-state index in [0.29, 0.717) is 24.5 Å². The zero-order valence-corrected chi connectivity index (χ0v) is 14.0. The van der Waals surface area contributed by atoms with Crippen LogP contribution in [0.3, 0.4) is 0 Å². The molecule has 0 spiro atoms. The molecular weight excluding hydrogens is 302 g/mol. The summed E-state index contributed by atoms with van der Waals surface area (Å²) in [5.41, 5.74) is 1.53. The third kappa shape index (κ3) is 3.95. The van der Waals surface area contributed by atoms with E-state index in [1.807, 2.05) is 61.5 Å². The zero-order valence-electron chi connectivity index (χ0n) is 14.0. The third-order valence-electron chi connectivity index (χ3n) is 4.17. The van der Waals surface area contributed by atoms with Gasteiger partial charge < -0.3 is 14.4 Å². The largest absolute Gasteiger partial charge is 0.491 e. The molecule has 24 heavy (non-hydrogen) atoms. The van der Waals surface area contributed by atoms with Crippen LogP contribution in [-0.4, -0.2) is 31.8 Å². The lowest BCUT2D eigenvalue weighted by Crippen LogP contribution is -2.30. The van der Waals surface area contributed by atoms with Crippen molar-refractivity contribution >= 4 is 11.6 Å². The van der Waals surface area contributed by atoms with Crippen molar-refractivity contribution in [1.82, 2.24) is 0 Å². The van der Waals surface area contributed by atoms with Gasteiger partial charge >= 0.3 is 0 Å². The molecule has 0 radical (unpaired) electrons. The number of hydrogen-bond acceptors (Lipinski definition) is 3. The lowest BCUT2D eigenvalue weighted by Gasteiger charge is -2.21. The second kappa shape index (κ2) is 7.97. The molecule has 4 nitrogen and oxygen atoms in total. The molecular formula is C20H23NO3. The normalized spacial score (nSPS) is 16.8. The second-order valence-corrected chi connectivity index (χ2v) is 5.86. The molecule has 0 bridgehead atoms. The van der Waals surface area contributed by atoms with Crippen LogP contribution in [0, 0.1) is 0 Å². The Kier molecular flexibility index (Phi) is 5.49. The zero-order chi connectivity index (χ0) is 16.8. The van der Waals surface area contributed by atoms with Gasteiger partial charge in [0.15, 0.2) is 0 Å². The van der Waals surface area contributed by atoms with Gasteiger partial charge in [0.2, 0.25) is 0 Å². The van der Waals surface area contributed by atoms with Gasteiger partial charge in [0.25, 0.3) is 5.91 Å². The summed E-state index contributed by atoms with van der Waals surface area (Å²) in [4.78, 5) is 14.6. The SMILES string of the molecule is CCN(C(=O)c1cccc(OCC2CCCO2)c1)c1ccccc1.